The van der Waals surface area contributed by atoms with Crippen molar-refractivity contribution in [2.75, 3.05) is 0 Å². The maximum Gasteiger partial charge on any atom is 0.565 e. The van der Waals surface area contributed by atoms with E-state index in [-0.39, 0.29) is 24.6 Å². The zero-order valence-electron chi connectivity index (χ0n) is 19.1. The van der Waals surface area contributed by atoms with Crippen LogP contribution < -0.4 is 0 Å². The molecule has 4 aromatic carbocycles. The molecule has 9 heteroatoms. The predicted molar refractivity (Wildman–Crippen MR) is 132 cm³/mol. The minimum Gasteiger partial charge on any atom is -0.507 e. The maximum absolute atomic E-state index is 11.6. The SMILES string of the molecule is O=C(O/N=N/Cc1cccc(-c2ccccc2)c1O)O/N=N/Cc1cccc(-c2ccccc2)c1O. The van der Waals surface area contributed by atoms with E-state index < -0.39 is 6.16 Å². The molecule has 0 aliphatic heterocycles. The number of para-hydroxylation sites is 2. The Balaban J connectivity index is 1.27. The lowest BCUT2D eigenvalue weighted by Gasteiger charge is -2.08. The van der Waals surface area contributed by atoms with Crippen LogP contribution in [-0.2, 0) is 22.8 Å². The van der Waals surface area contributed by atoms with Gasteiger partial charge in [0.1, 0.15) is 11.5 Å². The first-order valence-corrected chi connectivity index (χ1v) is 11.0. The highest BCUT2D eigenvalue weighted by atomic mass is 16.9. The molecular formula is C27H22N4O5. The minimum atomic E-state index is -1.23. The van der Waals surface area contributed by atoms with E-state index in [1.54, 1.807) is 36.4 Å². The van der Waals surface area contributed by atoms with Crippen LogP contribution in [0.2, 0.25) is 0 Å². The molecule has 0 radical (unpaired) electrons. The van der Waals surface area contributed by atoms with Gasteiger partial charge in [-0.2, -0.15) is 4.79 Å². The molecule has 4 aromatic rings. The number of carbonyl (C=O) groups is 1. The number of rotatable bonds is 8. The number of hydrogen-bond donors (Lipinski definition) is 2. The van der Waals surface area contributed by atoms with Crippen LogP contribution in [0.5, 0.6) is 11.5 Å². The van der Waals surface area contributed by atoms with Crippen LogP contribution in [0.25, 0.3) is 22.3 Å². The van der Waals surface area contributed by atoms with Gasteiger partial charge in [-0.1, -0.05) is 97.1 Å². The first kappa shape index (κ1) is 24.1. The van der Waals surface area contributed by atoms with Crippen molar-refractivity contribution in [3.8, 4) is 33.8 Å². The predicted octanol–water partition coefficient (Wildman–Crippen LogP) is 7.02. The Morgan fingerprint density at radius 2 is 1.00 bits per heavy atom. The number of phenols is 2. The second-order valence-electron chi connectivity index (χ2n) is 7.55. The summed E-state index contributed by atoms with van der Waals surface area (Å²) in [5, 5.41) is 35.1. The highest BCUT2D eigenvalue weighted by molar-refractivity contribution is 5.72. The van der Waals surface area contributed by atoms with Crippen LogP contribution in [0.3, 0.4) is 0 Å². The van der Waals surface area contributed by atoms with E-state index in [1.165, 1.54) is 0 Å². The lowest BCUT2D eigenvalue weighted by molar-refractivity contribution is 0.0455. The van der Waals surface area contributed by atoms with E-state index in [0.717, 1.165) is 11.1 Å². The van der Waals surface area contributed by atoms with Gasteiger partial charge in [-0.25, -0.2) is 0 Å². The zero-order valence-corrected chi connectivity index (χ0v) is 19.1. The Bertz CT molecular complexity index is 1270. The van der Waals surface area contributed by atoms with E-state index in [1.807, 2.05) is 60.7 Å². The number of carbonyl (C=O) groups excluding carboxylic acids is 1. The summed E-state index contributed by atoms with van der Waals surface area (Å²) in [7, 11) is 0. The quantitative estimate of drug-likeness (QED) is 0.206. The van der Waals surface area contributed by atoms with Gasteiger partial charge in [-0.05, 0) is 11.1 Å². The molecule has 0 bridgehead atoms. The summed E-state index contributed by atoms with van der Waals surface area (Å²) < 4.78 is 0. The first-order chi connectivity index (χ1) is 17.6. The molecule has 0 spiro atoms. The second-order valence-corrected chi connectivity index (χ2v) is 7.55. The largest absolute Gasteiger partial charge is 0.565 e. The summed E-state index contributed by atoms with van der Waals surface area (Å²) >= 11 is 0. The summed E-state index contributed by atoms with van der Waals surface area (Å²) in [5.41, 5.74) is 4.05. The lowest BCUT2D eigenvalue weighted by Crippen LogP contribution is -1.98. The fourth-order valence-electron chi connectivity index (χ4n) is 3.49. The van der Waals surface area contributed by atoms with Gasteiger partial charge in [0.2, 0.25) is 0 Å². The van der Waals surface area contributed by atoms with Gasteiger partial charge in [-0.15, -0.1) is 10.2 Å². The average molecular weight is 482 g/mol. The smallest absolute Gasteiger partial charge is 0.507 e. The third-order valence-electron chi connectivity index (χ3n) is 5.24. The molecule has 0 aliphatic carbocycles. The molecule has 0 heterocycles. The van der Waals surface area contributed by atoms with Crippen molar-refractivity contribution in [1.82, 2.24) is 0 Å². The maximum atomic E-state index is 11.6. The van der Waals surface area contributed by atoms with Gasteiger partial charge < -0.3 is 10.2 Å². The first-order valence-electron chi connectivity index (χ1n) is 11.0. The molecule has 180 valence electrons. The van der Waals surface area contributed by atoms with Gasteiger partial charge in [0.25, 0.3) is 0 Å². The van der Waals surface area contributed by atoms with E-state index in [0.29, 0.717) is 22.3 Å². The van der Waals surface area contributed by atoms with E-state index in [9.17, 15) is 15.0 Å². The van der Waals surface area contributed by atoms with E-state index in [4.69, 9.17) is 0 Å². The molecule has 36 heavy (non-hydrogen) atoms. The summed E-state index contributed by atoms with van der Waals surface area (Å²) in [6.45, 7) is -0.0311. The van der Waals surface area contributed by atoms with Gasteiger partial charge in [0, 0.05) is 32.8 Å². The van der Waals surface area contributed by atoms with Crippen molar-refractivity contribution in [3.63, 3.8) is 0 Å². The number of phenolic OH excluding ortho intramolecular Hbond substituents is 2. The minimum absolute atomic E-state index is 0.0155. The van der Waals surface area contributed by atoms with Crippen molar-refractivity contribution in [2.24, 2.45) is 20.8 Å². The third-order valence-corrected chi connectivity index (χ3v) is 5.24. The summed E-state index contributed by atoms with van der Waals surface area (Å²) in [6.07, 6.45) is -1.23. The molecule has 2 N–H and O–H groups in total. The number of benzene rings is 4. The molecule has 0 amide bonds. The second kappa shape index (κ2) is 11.9. The van der Waals surface area contributed by atoms with Gasteiger partial charge >= 0.3 is 6.16 Å². The molecule has 9 nitrogen and oxygen atoms in total. The monoisotopic (exact) mass is 482 g/mol. The molecule has 4 rings (SSSR count). The molecule has 0 fully saturated rings. The molecule has 0 aromatic heterocycles. The van der Waals surface area contributed by atoms with Crippen LogP contribution in [-0.4, -0.2) is 16.4 Å². The number of nitrogens with zero attached hydrogens (tertiary/aromatic N) is 4. The third kappa shape index (κ3) is 6.09. The van der Waals surface area contributed by atoms with Crippen LogP contribution in [0, 0.1) is 0 Å². The van der Waals surface area contributed by atoms with Crippen molar-refractivity contribution < 1.29 is 24.7 Å². The highest BCUT2D eigenvalue weighted by Gasteiger charge is 2.10. The van der Waals surface area contributed by atoms with Gasteiger partial charge in [0.15, 0.2) is 0 Å². The highest BCUT2D eigenvalue weighted by Crippen LogP contribution is 2.33. The Morgan fingerprint density at radius 3 is 1.42 bits per heavy atom. The standard InChI is InChI=1S/C27H22N4O5/c32-25-21(13-7-15-23(25)19-9-3-1-4-10-19)17-28-30-35-27(34)36-31-29-18-22-14-8-16-24(26(22)33)20-11-5-2-6-12-20/h1-16,32-33H,17-18H2/b30-28+,31-29+. The molecule has 0 unspecified atom stereocenters. The fourth-order valence-corrected chi connectivity index (χ4v) is 3.49. The fraction of sp³-hybridized carbons (Fsp3) is 0.0741. The zero-order chi connectivity index (χ0) is 25.2. The van der Waals surface area contributed by atoms with E-state index in [2.05, 4.69) is 30.5 Å². The Kier molecular flexibility index (Phi) is 7.95. The summed E-state index contributed by atoms with van der Waals surface area (Å²) in [6, 6.07) is 29.4. The van der Waals surface area contributed by atoms with Crippen LogP contribution >= 0.6 is 0 Å². The molecular weight excluding hydrogens is 460 g/mol. The summed E-state index contributed by atoms with van der Waals surface area (Å²) in [5.74, 6) is 0.136. The van der Waals surface area contributed by atoms with Crippen LogP contribution in [0.15, 0.2) is 118 Å². The molecule has 0 saturated carbocycles. The van der Waals surface area contributed by atoms with Crippen LogP contribution in [0.4, 0.5) is 4.79 Å². The van der Waals surface area contributed by atoms with E-state index >= 15 is 0 Å². The topological polar surface area (TPSA) is 125 Å². The lowest BCUT2D eigenvalue weighted by atomic mass is 10.0. The Labute approximate surface area is 206 Å². The van der Waals surface area contributed by atoms with Crippen molar-refractivity contribution >= 4 is 6.16 Å². The number of hydrogen-bond acceptors (Lipinski definition) is 9. The van der Waals surface area contributed by atoms with Crippen molar-refractivity contribution in [1.29, 1.82) is 0 Å². The molecule has 0 saturated heterocycles. The van der Waals surface area contributed by atoms with Crippen molar-refractivity contribution in [2.45, 2.75) is 13.1 Å². The molecule has 0 aliphatic rings. The normalized spacial score (nSPS) is 11.1. The van der Waals surface area contributed by atoms with Crippen molar-refractivity contribution in [3.05, 3.63) is 108 Å². The Hall–Kier alpha value is -5.05. The molecule has 0 atom stereocenters. The number of aromatic hydroxyl groups is 2. The van der Waals surface area contributed by atoms with Crippen LogP contribution in [0.1, 0.15) is 11.1 Å². The van der Waals surface area contributed by atoms with Gasteiger partial charge in [-0.3, -0.25) is 9.68 Å². The average Bonchev–Trinajstić information content (AvgIpc) is 2.92. The Morgan fingerprint density at radius 1 is 0.583 bits per heavy atom. The van der Waals surface area contributed by atoms with Gasteiger partial charge in [0.05, 0.1) is 13.1 Å². The summed E-state index contributed by atoms with van der Waals surface area (Å²) in [4.78, 5) is 20.6.